The first kappa shape index (κ1) is 24.7. The number of nitrogens with one attached hydrogen (secondary N) is 3. The maximum absolute atomic E-state index is 12.3. The van der Waals surface area contributed by atoms with E-state index in [4.69, 9.17) is 0 Å². The Balaban J connectivity index is 2.48. The topological polar surface area (TPSA) is 71.9 Å². The third-order valence-corrected chi connectivity index (χ3v) is 3.75. The van der Waals surface area contributed by atoms with Gasteiger partial charge in [0, 0.05) is 11.2 Å². The normalized spacial score (nSPS) is 13.6. The smallest absolute Gasteiger partial charge is 0.406 e. The monoisotopic (exact) mass is 418 g/mol. The summed E-state index contributed by atoms with van der Waals surface area (Å²) in [5, 5.41) is 5.58. The molecule has 1 unspecified atom stereocenters. The first-order valence-corrected chi connectivity index (χ1v) is 9.33. The van der Waals surface area contributed by atoms with Gasteiger partial charge in [0.1, 0.15) is 5.75 Å². The van der Waals surface area contributed by atoms with E-state index in [1.165, 1.54) is 12.1 Å². The van der Waals surface area contributed by atoms with E-state index >= 15 is 0 Å². The van der Waals surface area contributed by atoms with E-state index in [1.807, 2.05) is 13.8 Å². The second-order valence-corrected chi connectivity index (χ2v) is 9.10. The van der Waals surface area contributed by atoms with Gasteiger partial charge in [-0.1, -0.05) is 20.8 Å². The van der Waals surface area contributed by atoms with Gasteiger partial charge in [-0.3, -0.25) is 9.59 Å². The lowest BCUT2D eigenvalue weighted by molar-refractivity contribution is -0.862. The fraction of sp³-hybridized carbons (Fsp3) is 0.600. The summed E-state index contributed by atoms with van der Waals surface area (Å²) in [6.07, 6.45) is -3.96. The number of alkyl halides is 3. The summed E-state index contributed by atoms with van der Waals surface area (Å²) in [6.45, 7) is 10.4. The number of benzene rings is 1. The number of ether oxygens (including phenoxy) is 1. The van der Waals surface area contributed by atoms with Gasteiger partial charge in [-0.2, -0.15) is 0 Å². The molecule has 1 rings (SSSR count). The number of hydrogen-bond acceptors (Lipinski definition) is 3. The van der Waals surface area contributed by atoms with E-state index in [9.17, 15) is 22.8 Å². The van der Waals surface area contributed by atoms with Crippen molar-refractivity contribution in [1.82, 2.24) is 5.32 Å². The molecule has 0 aliphatic heterocycles. The van der Waals surface area contributed by atoms with E-state index in [-0.39, 0.29) is 41.6 Å². The zero-order valence-corrected chi connectivity index (χ0v) is 17.8. The lowest BCUT2D eigenvalue weighted by Crippen LogP contribution is -3.11. The summed E-state index contributed by atoms with van der Waals surface area (Å²) < 4.78 is 40.2. The van der Waals surface area contributed by atoms with Crippen LogP contribution in [0.5, 0.6) is 5.75 Å². The summed E-state index contributed by atoms with van der Waals surface area (Å²) in [5.41, 5.74) is 0.0434. The Kier molecular flexibility index (Phi) is 8.08. The van der Waals surface area contributed by atoms with Crippen molar-refractivity contribution in [3.63, 3.8) is 0 Å². The van der Waals surface area contributed by atoms with Crippen LogP contribution in [0.3, 0.4) is 0 Å². The zero-order chi connectivity index (χ0) is 22.5. The molecule has 164 valence electrons. The number of anilines is 1. The minimum absolute atomic E-state index is 0.0356. The number of carbonyl (C=O) groups is 2. The van der Waals surface area contributed by atoms with Crippen LogP contribution in [0.4, 0.5) is 18.9 Å². The van der Waals surface area contributed by atoms with Crippen molar-refractivity contribution in [3.8, 4) is 5.75 Å². The van der Waals surface area contributed by atoms with Crippen LogP contribution in [0.2, 0.25) is 0 Å². The number of halogens is 3. The Hall–Kier alpha value is -2.29. The van der Waals surface area contributed by atoms with Gasteiger partial charge in [0.05, 0.1) is 7.05 Å². The molecule has 9 heteroatoms. The molecule has 0 aromatic heterocycles. The van der Waals surface area contributed by atoms with Crippen LogP contribution in [0.25, 0.3) is 0 Å². The Labute approximate surface area is 169 Å². The lowest BCUT2D eigenvalue weighted by Gasteiger charge is -2.33. The first-order valence-electron chi connectivity index (χ1n) is 9.33. The maximum atomic E-state index is 12.3. The summed E-state index contributed by atoms with van der Waals surface area (Å²) in [7, 11) is 1.72. The van der Waals surface area contributed by atoms with E-state index in [0.717, 1.165) is 18.6 Å². The Morgan fingerprint density at radius 1 is 0.966 bits per heavy atom. The van der Waals surface area contributed by atoms with Crippen LogP contribution < -0.4 is 20.3 Å². The van der Waals surface area contributed by atoms with Crippen molar-refractivity contribution >= 4 is 17.5 Å². The lowest BCUT2D eigenvalue weighted by atomic mass is 9.82. The highest BCUT2D eigenvalue weighted by atomic mass is 19.4. The number of quaternary nitrogens is 1. The highest BCUT2D eigenvalue weighted by Crippen LogP contribution is 2.26. The van der Waals surface area contributed by atoms with Crippen LogP contribution in [0, 0.1) is 5.41 Å². The molecule has 2 amide bonds. The van der Waals surface area contributed by atoms with Crippen molar-refractivity contribution in [2.75, 3.05) is 25.5 Å². The van der Waals surface area contributed by atoms with Crippen LogP contribution in [-0.2, 0) is 9.59 Å². The van der Waals surface area contributed by atoms with Crippen LogP contribution in [0.15, 0.2) is 24.3 Å². The third kappa shape index (κ3) is 11.3. The molecule has 6 nitrogen and oxygen atoms in total. The molecular formula is C20H31F3N3O3+. The molecule has 1 aromatic carbocycles. The number of carbonyl (C=O) groups excluding carboxylic acids is 2. The molecule has 0 radical (unpaired) electrons. The van der Waals surface area contributed by atoms with Crippen molar-refractivity contribution in [1.29, 1.82) is 0 Å². The molecule has 29 heavy (non-hydrogen) atoms. The number of rotatable bonds is 8. The largest absolute Gasteiger partial charge is 0.573 e. The summed E-state index contributed by atoms with van der Waals surface area (Å²) in [5.74, 6) is -0.875. The van der Waals surface area contributed by atoms with Crippen molar-refractivity contribution in [2.45, 2.75) is 52.9 Å². The molecule has 0 saturated carbocycles. The number of hydrogen-bond donors (Lipinski definition) is 3. The molecular weight excluding hydrogens is 387 g/mol. The Bertz CT molecular complexity index is 696. The van der Waals surface area contributed by atoms with Crippen molar-refractivity contribution in [2.24, 2.45) is 5.41 Å². The van der Waals surface area contributed by atoms with Gasteiger partial charge in [-0.15, -0.1) is 13.2 Å². The predicted molar refractivity (Wildman–Crippen MR) is 105 cm³/mol. The number of amides is 2. The van der Waals surface area contributed by atoms with E-state index < -0.39 is 6.36 Å². The van der Waals surface area contributed by atoms with Gasteiger partial charge in [0.2, 0.25) is 0 Å². The Morgan fingerprint density at radius 3 is 1.97 bits per heavy atom. The average Bonchev–Trinajstić information content (AvgIpc) is 2.43. The molecule has 1 atom stereocenters. The second-order valence-electron chi connectivity index (χ2n) is 9.10. The first-order chi connectivity index (χ1) is 13.0. The minimum atomic E-state index is -4.77. The quantitative estimate of drug-likeness (QED) is 0.607. The van der Waals surface area contributed by atoms with Crippen LogP contribution >= 0.6 is 0 Å². The molecule has 3 N–H and O–H groups in total. The molecule has 0 saturated heterocycles. The third-order valence-electron chi connectivity index (χ3n) is 3.75. The molecule has 0 aliphatic carbocycles. The Morgan fingerprint density at radius 2 is 1.48 bits per heavy atom. The SMILES string of the molecule is C[NH+](CC(=O)Nc1ccc(OC(F)(F)F)cc1)CC(=O)NC(C)(C)CC(C)(C)C. The zero-order valence-electron chi connectivity index (χ0n) is 17.8. The maximum Gasteiger partial charge on any atom is 0.573 e. The summed E-state index contributed by atoms with van der Waals surface area (Å²) in [4.78, 5) is 25.1. The average molecular weight is 418 g/mol. The predicted octanol–water partition coefficient (Wildman–Crippen LogP) is 2.37. The van der Waals surface area contributed by atoms with Gasteiger partial charge < -0.3 is 20.3 Å². The standard InChI is InChI=1S/C20H30F3N3O3/c1-18(2,3)13-19(4,5)25-17(28)12-26(6)11-16(27)24-14-7-9-15(10-8-14)29-20(21,22)23/h7-10H,11-13H2,1-6H3,(H,24,27)(H,25,28)/p+1. The van der Waals surface area contributed by atoms with Gasteiger partial charge in [-0.25, -0.2) is 0 Å². The highest BCUT2D eigenvalue weighted by Gasteiger charge is 2.31. The molecule has 0 bridgehead atoms. The van der Waals surface area contributed by atoms with Crippen LogP contribution in [0.1, 0.15) is 41.0 Å². The van der Waals surface area contributed by atoms with Crippen molar-refractivity contribution < 1.29 is 32.4 Å². The highest BCUT2D eigenvalue weighted by molar-refractivity contribution is 5.91. The fourth-order valence-electron chi connectivity index (χ4n) is 3.35. The second kappa shape index (κ2) is 9.47. The number of likely N-dealkylation sites (N-methyl/N-ethyl adjacent to an activating group) is 1. The molecule has 0 aliphatic rings. The molecule has 0 heterocycles. The van der Waals surface area contributed by atoms with E-state index in [0.29, 0.717) is 10.6 Å². The van der Waals surface area contributed by atoms with Crippen LogP contribution in [-0.4, -0.2) is 43.9 Å². The molecule has 0 spiro atoms. The van der Waals surface area contributed by atoms with E-state index in [2.05, 4.69) is 36.1 Å². The van der Waals surface area contributed by atoms with Crippen molar-refractivity contribution in [3.05, 3.63) is 24.3 Å². The molecule has 0 fully saturated rings. The van der Waals surface area contributed by atoms with Gasteiger partial charge in [0.15, 0.2) is 13.1 Å². The van der Waals surface area contributed by atoms with E-state index in [1.54, 1.807) is 7.05 Å². The minimum Gasteiger partial charge on any atom is -0.406 e. The fourth-order valence-corrected chi connectivity index (χ4v) is 3.35. The summed E-state index contributed by atoms with van der Waals surface area (Å²) >= 11 is 0. The van der Waals surface area contributed by atoms with Gasteiger partial charge in [0.25, 0.3) is 11.8 Å². The summed E-state index contributed by atoms with van der Waals surface area (Å²) in [6, 6.07) is 4.86. The van der Waals surface area contributed by atoms with Gasteiger partial charge >= 0.3 is 6.36 Å². The molecule has 1 aromatic rings. The van der Waals surface area contributed by atoms with Gasteiger partial charge in [-0.05, 0) is 49.9 Å².